The van der Waals surface area contributed by atoms with Crippen LogP contribution in [0.2, 0.25) is 0 Å². The number of nitrogens with zero attached hydrogens (tertiary/aromatic N) is 2. The van der Waals surface area contributed by atoms with Crippen LogP contribution in [0, 0.1) is 20.8 Å². The van der Waals surface area contributed by atoms with Crippen LogP contribution in [-0.4, -0.2) is 21.0 Å². The van der Waals surface area contributed by atoms with Gasteiger partial charge in [0.05, 0.1) is 18.3 Å². The molecule has 0 saturated heterocycles. The Morgan fingerprint density at radius 2 is 2.00 bits per heavy atom. The van der Waals surface area contributed by atoms with Crippen LogP contribution in [-0.2, 0) is 6.54 Å². The van der Waals surface area contributed by atoms with E-state index in [1.165, 1.54) is 5.56 Å². The second-order valence-corrected chi connectivity index (χ2v) is 3.33. The van der Waals surface area contributed by atoms with Gasteiger partial charge in [-0.1, -0.05) is 0 Å². The number of aliphatic hydroxyl groups is 1. The highest BCUT2D eigenvalue weighted by molar-refractivity contribution is 5.22. The third-order valence-electron chi connectivity index (χ3n) is 2.18. The van der Waals surface area contributed by atoms with Crippen LogP contribution >= 0.6 is 0 Å². The summed E-state index contributed by atoms with van der Waals surface area (Å²) in [6.45, 7) is 8.42. The van der Waals surface area contributed by atoms with E-state index in [0.717, 1.165) is 11.4 Å². The predicted octanol–water partition coefficient (Wildman–Crippen LogP) is 1.19. The molecule has 0 aliphatic carbocycles. The third-order valence-corrected chi connectivity index (χ3v) is 2.18. The Morgan fingerprint density at radius 3 is 2.33 bits per heavy atom. The Kier molecular flexibility index (Phi) is 2.52. The van der Waals surface area contributed by atoms with Crippen molar-refractivity contribution in [2.45, 2.75) is 40.3 Å². The molecule has 3 heteroatoms. The molecule has 1 heterocycles. The van der Waals surface area contributed by atoms with Crippen LogP contribution < -0.4 is 0 Å². The fourth-order valence-corrected chi connectivity index (χ4v) is 1.21. The lowest BCUT2D eigenvalue weighted by atomic mass is 10.2. The molecule has 0 bridgehead atoms. The molecule has 12 heavy (non-hydrogen) atoms. The zero-order valence-corrected chi connectivity index (χ0v) is 8.13. The largest absolute Gasteiger partial charge is 0.391 e. The normalized spacial score (nSPS) is 13.4. The van der Waals surface area contributed by atoms with Crippen LogP contribution in [0.5, 0.6) is 0 Å². The lowest BCUT2D eigenvalue weighted by molar-refractivity contribution is 0.167. The van der Waals surface area contributed by atoms with Crippen molar-refractivity contribution in [2.24, 2.45) is 0 Å². The second-order valence-electron chi connectivity index (χ2n) is 3.33. The number of hydrogen-bond donors (Lipinski definition) is 1. The summed E-state index contributed by atoms with van der Waals surface area (Å²) in [6.07, 6.45) is -0.331. The zero-order valence-electron chi connectivity index (χ0n) is 8.13. The topological polar surface area (TPSA) is 38.0 Å². The van der Waals surface area contributed by atoms with E-state index >= 15 is 0 Å². The Hall–Kier alpha value is -0.830. The van der Waals surface area contributed by atoms with E-state index in [4.69, 9.17) is 5.11 Å². The van der Waals surface area contributed by atoms with Gasteiger partial charge in [0.1, 0.15) is 0 Å². The van der Waals surface area contributed by atoms with Crippen LogP contribution in [0.25, 0.3) is 0 Å². The Bertz CT molecular complexity index is 276. The molecular formula is C9H16N2O. The highest BCUT2D eigenvalue weighted by Gasteiger charge is 2.07. The average molecular weight is 168 g/mol. The van der Waals surface area contributed by atoms with E-state index in [2.05, 4.69) is 12.0 Å². The second kappa shape index (κ2) is 3.27. The molecule has 0 radical (unpaired) electrons. The molecule has 0 aliphatic heterocycles. The molecule has 0 amide bonds. The van der Waals surface area contributed by atoms with Gasteiger partial charge in [-0.3, -0.25) is 4.68 Å². The van der Waals surface area contributed by atoms with E-state index in [1.54, 1.807) is 6.92 Å². The smallest absolute Gasteiger partial charge is 0.0708 e. The average Bonchev–Trinajstić information content (AvgIpc) is 2.17. The van der Waals surface area contributed by atoms with Crippen molar-refractivity contribution in [3.8, 4) is 0 Å². The maximum Gasteiger partial charge on any atom is 0.0708 e. The summed E-state index contributed by atoms with van der Waals surface area (Å²) in [5.41, 5.74) is 3.41. The summed E-state index contributed by atoms with van der Waals surface area (Å²) in [6, 6.07) is 0. The molecule has 0 spiro atoms. The number of aromatic nitrogens is 2. The predicted molar refractivity (Wildman–Crippen MR) is 48.1 cm³/mol. The van der Waals surface area contributed by atoms with E-state index < -0.39 is 0 Å². The van der Waals surface area contributed by atoms with Gasteiger partial charge < -0.3 is 5.11 Å². The maximum absolute atomic E-state index is 9.17. The maximum atomic E-state index is 9.17. The standard InChI is InChI=1S/C9H16N2O/c1-6(12)5-11-9(4)7(2)8(3)10-11/h6,12H,5H2,1-4H3. The first-order valence-corrected chi connectivity index (χ1v) is 4.21. The third kappa shape index (κ3) is 1.67. The van der Waals surface area contributed by atoms with Crippen LogP contribution in [0.3, 0.4) is 0 Å². The van der Waals surface area contributed by atoms with Gasteiger partial charge in [-0.05, 0) is 33.3 Å². The van der Waals surface area contributed by atoms with Gasteiger partial charge in [0.25, 0.3) is 0 Å². The van der Waals surface area contributed by atoms with E-state index in [9.17, 15) is 0 Å². The first-order valence-electron chi connectivity index (χ1n) is 4.21. The van der Waals surface area contributed by atoms with Gasteiger partial charge in [-0.2, -0.15) is 5.10 Å². The molecule has 0 aliphatic rings. The molecule has 0 aromatic carbocycles. The SMILES string of the molecule is Cc1nn(CC(C)O)c(C)c1C. The van der Waals surface area contributed by atoms with Gasteiger partial charge >= 0.3 is 0 Å². The van der Waals surface area contributed by atoms with Crippen molar-refractivity contribution >= 4 is 0 Å². The Balaban J connectivity index is 2.93. The quantitative estimate of drug-likeness (QED) is 0.720. The highest BCUT2D eigenvalue weighted by atomic mass is 16.3. The van der Waals surface area contributed by atoms with Gasteiger partial charge in [0, 0.05) is 5.69 Å². The minimum absolute atomic E-state index is 0.331. The summed E-state index contributed by atoms with van der Waals surface area (Å²) in [5.74, 6) is 0. The van der Waals surface area contributed by atoms with Crippen LogP contribution in [0.15, 0.2) is 0 Å². The summed E-state index contributed by atoms with van der Waals surface area (Å²) >= 11 is 0. The molecule has 1 N–H and O–H groups in total. The van der Waals surface area contributed by atoms with Gasteiger partial charge in [-0.25, -0.2) is 0 Å². The molecule has 68 valence electrons. The number of aryl methyl sites for hydroxylation is 1. The minimum Gasteiger partial charge on any atom is -0.391 e. The molecule has 1 atom stereocenters. The van der Waals surface area contributed by atoms with E-state index in [0.29, 0.717) is 6.54 Å². The number of rotatable bonds is 2. The Labute approximate surface area is 73.0 Å². The molecule has 3 nitrogen and oxygen atoms in total. The molecule has 0 fully saturated rings. The Morgan fingerprint density at radius 1 is 1.42 bits per heavy atom. The first kappa shape index (κ1) is 9.26. The monoisotopic (exact) mass is 168 g/mol. The summed E-state index contributed by atoms with van der Waals surface area (Å²) in [4.78, 5) is 0. The number of hydrogen-bond acceptors (Lipinski definition) is 2. The van der Waals surface area contributed by atoms with Gasteiger partial charge in [0.2, 0.25) is 0 Å². The van der Waals surface area contributed by atoms with Crippen molar-refractivity contribution in [2.75, 3.05) is 0 Å². The molecular weight excluding hydrogens is 152 g/mol. The fraction of sp³-hybridized carbons (Fsp3) is 0.667. The highest BCUT2D eigenvalue weighted by Crippen LogP contribution is 2.10. The van der Waals surface area contributed by atoms with Gasteiger partial charge in [-0.15, -0.1) is 0 Å². The van der Waals surface area contributed by atoms with E-state index in [-0.39, 0.29) is 6.10 Å². The van der Waals surface area contributed by atoms with Crippen molar-refractivity contribution in [3.63, 3.8) is 0 Å². The van der Waals surface area contributed by atoms with Crippen LogP contribution in [0.4, 0.5) is 0 Å². The zero-order chi connectivity index (χ0) is 9.30. The molecule has 0 saturated carbocycles. The molecule has 1 unspecified atom stereocenters. The molecule has 1 rings (SSSR count). The van der Waals surface area contributed by atoms with Crippen molar-refractivity contribution < 1.29 is 5.11 Å². The van der Waals surface area contributed by atoms with Crippen molar-refractivity contribution in [1.29, 1.82) is 0 Å². The fourth-order valence-electron chi connectivity index (χ4n) is 1.21. The summed E-state index contributed by atoms with van der Waals surface area (Å²) < 4.78 is 1.86. The first-order chi connectivity index (χ1) is 5.52. The lowest BCUT2D eigenvalue weighted by Crippen LogP contribution is -2.14. The minimum atomic E-state index is -0.331. The van der Waals surface area contributed by atoms with E-state index in [1.807, 2.05) is 18.5 Å². The summed E-state index contributed by atoms with van der Waals surface area (Å²) in [5, 5.41) is 13.5. The number of aliphatic hydroxyl groups excluding tert-OH is 1. The lowest BCUT2D eigenvalue weighted by Gasteiger charge is -2.06. The van der Waals surface area contributed by atoms with Crippen molar-refractivity contribution in [3.05, 3.63) is 17.0 Å². The molecule has 1 aromatic rings. The molecule has 1 aromatic heterocycles. The van der Waals surface area contributed by atoms with Gasteiger partial charge in [0.15, 0.2) is 0 Å². The van der Waals surface area contributed by atoms with Crippen LogP contribution in [0.1, 0.15) is 23.9 Å². The van der Waals surface area contributed by atoms with Crippen molar-refractivity contribution in [1.82, 2.24) is 9.78 Å². The summed E-state index contributed by atoms with van der Waals surface area (Å²) in [7, 11) is 0.